The van der Waals surface area contributed by atoms with Crippen LogP contribution in [0.15, 0.2) is 34.2 Å². The summed E-state index contributed by atoms with van der Waals surface area (Å²) in [6.45, 7) is 0.465. The molecule has 88 valence electrons. The first-order valence-electron chi connectivity index (χ1n) is 4.89. The maximum absolute atomic E-state index is 11.8. The number of amides is 1. The summed E-state index contributed by atoms with van der Waals surface area (Å²) in [5, 5.41) is 4.74. The number of nitrogens with two attached hydrogens (primary N) is 1. The van der Waals surface area contributed by atoms with Gasteiger partial charge in [-0.25, -0.2) is 4.98 Å². The molecule has 0 fully saturated rings. The lowest BCUT2D eigenvalue weighted by Gasteiger charge is -2.05. The van der Waals surface area contributed by atoms with E-state index in [1.54, 1.807) is 29.7 Å². The normalized spacial score (nSPS) is 10.2. The van der Waals surface area contributed by atoms with Gasteiger partial charge in [0.25, 0.3) is 5.91 Å². The Hall–Kier alpha value is -1.40. The van der Waals surface area contributed by atoms with Crippen molar-refractivity contribution in [3.63, 3.8) is 0 Å². The second-order valence-corrected chi connectivity index (χ2v) is 5.17. The molecule has 0 unspecified atom stereocenters. The number of carbonyl (C=O) groups excluding carboxylic acids is 1. The van der Waals surface area contributed by atoms with Gasteiger partial charge in [0, 0.05) is 15.5 Å². The Balaban J connectivity index is 2.04. The van der Waals surface area contributed by atoms with Crippen molar-refractivity contribution in [2.24, 2.45) is 0 Å². The molecule has 0 aliphatic carbocycles. The van der Waals surface area contributed by atoms with Gasteiger partial charge in [-0.15, -0.1) is 11.3 Å². The van der Waals surface area contributed by atoms with E-state index < -0.39 is 0 Å². The van der Waals surface area contributed by atoms with E-state index in [1.807, 2.05) is 11.4 Å². The van der Waals surface area contributed by atoms with Gasteiger partial charge < -0.3 is 11.1 Å². The molecule has 0 spiro atoms. The van der Waals surface area contributed by atoms with Crippen molar-refractivity contribution in [3.8, 4) is 0 Å². The Morgan fingerprint density at radius 3 is 3.00 bits per heavy atom. The molecular formula is C11H10BrN3OS. The summed E-state index contributed by atoms with van der Waals surface area (Å²) in [5.74, 6) is -0.261. The van der Waals surface area contributed by atoms with Gasteiger partial charge in [0.05, 0.1) is 12.2 Å². The fourth-order valence-electron chi connectivity index (χ4n) is 1.30. The lowest BCUT2D eigenvalue weighted by molar-refractivity contribution is 0.0947. The topological polar surface area (TPSA) is 68.0 Å². The van der Waals surface area contributed by atoms with Gasteiger partial charge in [-0.2, -0.15) is 0 Å². The summed E-state index contributed by atoms with van der Waals surface area (Å²) in [4.78, 5) is 16.8. The summed E-state index contributed by atoms with van der Waals surface area (Å²) < 4.78 is 0.997. The lowest BCUT2D eigenvalue weighted by atomic mass is 10.3. The Bertz CT molecular complexity index is 541. The van der Waals surface area contributed by atoms with Gasteiger partial charge in [0.15, 0.2) is 5.69 Å². The van der Waals surface area contributed by atoms with E-state index >= 15 is 0 Å². The number of aromatic nitrogens is 1. The molecule has 2 aromatic rings. The number of rotatable bonds is 3. The summed E-state index contributed by atoms with van der Waals surface area (Å²) >= 11 is 4.98. The third-order valence-electron chi connectivity index (χ3n) is 2.15. The number of hydrogen-bond donors (Lipinski definition) is 2. The second-order valence-electron chi connectivity index (χ2n) is 3.32. The highest BCUT2D eigenvalue weighted by molar-refractivity contribution is 9.10. The molecule has 4 nitrogen and oxygen atoms in total. The van der Waals surface area contributed by atoms with E-state index in [4.69, 9.17) is 5.73 Å². The molecule has 3 N–H and O–H groups in total. The SMILES string of the molecule is Nc1cccnc1C(=O)NCc1sccc1Br. The smallest absolute Gasteiger partial charge is 0.272 e. The van der Waals surface area contributed by atoms with Gasteiger partial charge in [0.2, 0.25) is 0 Å². The zero-order valence-electron chi connectivity index (χ0n) is 8.81. The van der Waals surface area contributed by atoms with Crippen LogP contribution in [-0.2, 0) is 6.54 Å². The molecule has 0 aliphatic rings. The highest BCUT2D eigenvalue weighted by atomic mass is 79.9. The zero-order valence-corrected chi connectivity index (χ0v) is 11.2. The van der Waals surface area contributed by atoms with Crippen LogP contribution in [0.2, 0.25) is 0 Å². The monoisotopic (exact) mass is 311 g/mol. The van der Waals surface area contributed by atoms with Crippen LogP contribution in [0.5, 0.6) is 0 Å². The zero-order chi connectivity index (χ0) is 12.3. The number of pyridine rings is 1. The number of hydrogen-bond acceptors (Lipinski definition) is 4. The van der Waals surface area contributed by atoms with E-state index in [-0.39, 0.29) is 11.6 Å². The molecule has 2 heterocycles. The van der Waals surface area contributed by atoms with Crippen molar-refractivity contribution < 1.29 is 4.79 Å². The van der Waals surface area contributed by atoms with Crippen molar-refractivity contribution in [1.29, 1.82) is 0 Å². The average molecular weight is 312 g/mol. The molecule has 2 rings (SSSR count). The first-order valence-corrected chi connectivity index (χ1v) is 6.56. The highest BCUT2D eigenvalue weighted by Crippen LogP contribution is 2.22. The number of carbonyl (C=O) groups is 1. The van der Waals surface area contributed by atoms with Crippen LogP contribution in [-0.4, -0.2) is 10.9 Å². The number of thiophene rings is 1. The van der Waals surface area contributed by atoms with Gasteiger partial charge >= 0.3 is 0 Å². The Labute approximate surface area is 111 Å². The second kappa shape index (κ2) is 5.29. The molecule has 0 saturated carbocycles. The molecule has 6 heteroatoms. The molecule has 0 saturated heterocycles. The van der Waals surface area contributed by atoms with Crippen LogP contribution in [0.3, 0.4) is 0 Å². The van der Waals surface area contributed by atoms with Gasteiger partial charge in [0.1, 0.15) is 0 Å². The van der Waals surface area contributed by atoms with Crippen molar-refractivity contribution in [3.05, 3.63) is 44.8 Å². The van der Waals surface area contributed by atoms with Crippen LogP contribution in [0, 0.1) is 0 Å². The van der Waals surface area contributed by atoms with E-state index in [1.165, 1.54) is 0 Å². The van der Waals surface area contributed by atoms with E-state index in [0.29, 0.717) is 12.2 Å². The third-order valence-corrected chi connectivity index (χ3v) is 4.08. The van der Waals surface area contributed by atoms with Crippen LogP contribution < -0.4 is 11.1 Å². The van der Waals surface area contributed by atoms with E-state index in [0.717, 1.165) is 9.35 Å². The number of nitrogens with one attached hydrogen (secondary N) is 1. The van der Waals surface area contributed by atoms with Crippen LogP contribution in [0.25, 0.3) is 0 Å². The number of nitrogens with zero attached hydrogens (tertiary/aromatic N) is 1. The number of halogens is 1. The van der Waals surface area contributed by atoms with Gasteiger partial charge in [-0.3, -0.25) is 4.79 Å². The summed E-state index contributed by atoms with van der Waals surface area (Å²) in [7, 11) is 0. The van der Waals surface area contributed by atoms with Crippen LogP contribution in [0.1, 0.15) is 15.4 Å². The fourth-order valence-corrected chi connectivity index (χ4v) is 2.74. The lowest BCUT2D eigenvalue weighted by Crippen LogP contribution is -2.24. The maximum atomic E-state index is 11.8. The molecule has 0 aliphatic heterocycles. The first kappa shape index (κ1) is 12.1. The maximum Gasteiger partial charge on any atom is 0.272 e. The molecule has 0 aromatic carbocycles. The molecule has 0 atom stereocenters. The molecule has 2 aromatic heterocycles. The molecular weight excluding hydrogens is 302 g/mol. The van der Waals surface area contributed by atoms with Gasteiger partial charge in [-0.05, 0) is 39.5 Å². The standard InChI is InChI=1S/C11H10BrN3OS/c12-7-3-5-17-9(7)6-15-11(16)10-8(13)2-1-4-14-10/h1-5H,6,13H2,(H,15,16). The quantitative estimate of drug-likeness (QED) is 0.914. The molecule has 1 amide bonds. The largest absolute Gasteiger partial charge is 0.397 e. The van der Waals surface area contributed by atoms with Gasteiger partial charge in [-0.1, -0.05) is 0 Å². The minimum absolute atomic E-state index is 0.261. The first-order chi connectivity index (χ1) is 8.18. The summed E-state index contributed by atoms with van der Waals surface area (Å²) in [6.07, 6.45) is 1.55. The Morgan fingerprint density at radius 1 is 1.53 bits per heavy atom. The minimum Gasteiger partial charge on any atom is -0.397 e. The third kappa shape index (κ3) is 2.83. The van der Waals surface area contributed by atoms with Crippen molar-refractivity contribution in [1.82, 2.24) is 10.3 Å². The Morgan fingerprint density at radius 2 is 2.35 bits per heavy atom. The Kier molecular flexibility index (Phi) is 3.75. The minimum atomic E-state index is -0.261. The van der Waals surface area contributed by atoms with Crippen molar-refractivity contribution in [2.75, 3.05) is 5.73 Å². The summed E-state index contributed by atoms with van der Waals surface area (Å²) in [5.41, 5.74) is 6.32. The number of anilines is 1. The predicted octanol–water partition coefficient (Wildman–Crippen LogP) is 2.42. The van der Waals surface area contributed by atoms with Crippen LogP contribution >= 0.6 is 27.3 Å². The molecule has 0 bridgehead atoms. The average Bonchev–Trinajstić information content (AvgIpc) is 2.72. The highest BCUT2D eigenvalue weighted by Gasteiger charge is 2.11. The molecule has 0 radical (unpaired) electrons. The number of nitrogen functional groups attached to an aromatic ring is 1. The van der Waals surface area contributed by atoms with E-state index in [2.05, 4.69) is 26.2 Å². The van der Waals surface area contributed by atoms with Crippen molar-refractivity contribution in [2.45, 2.75) is 6.54 Å². The summed E-state index contributed by atoms with van der Waals surface area (Å²) in [6, 6.07) is 5.30. The predicted molar refractivity (Wildman–Crippen MR) is 71.8 cm³/mol. The molecule has 17 heavy (non-hydrogen) atoms. The fraction of sp³-hybridized carbons (Fsp3) is 0.0909. The van der Waals surface area contributed by atoms with Crippen molar-refractivity contribution >= 4 is 38.9 Å². The van der Waals surface area contributed by atoms with Crippen LogP contribution in [0.4, 0.5) is 5.69 Å². The van der Waals surface area contributed by atoms with E-state index in [9.17, 15) is 4.79 Å².